The van der Waals surface area contributed by atoms with E-state index in [1.165, 1.54) is 11.3 Å². The molecule has 3 aromatic carbocycles. The van der Waals surface area contributed by atoms with Gasteiger partial charge in [-0.1, -0.05) is 42.5 Å². The van der Waals surface area contributed by atoms with Crippen molar-refractivity contribution in [1.29, 1.82) is 0 Å². The monoisotopic (exact) mass is 638 g/mol. The molecule has 46 heavy (non-hydrogen) atoms. The quantitative estimate of drug-likeness (QED) is 0.165. The zero-order valence-corrected chi connectivity index (χ0v) is 26.9. The van der Waals surface area contributed by atoms with Gasteiger partial charge in [0.15, 0.2) is 0 Å². The molecule has 0 aliphatic carbocycles. The van der Waals surface area contributed by atoms with Crippen molar-refractivity contribution < 1.29 is 19.4 Å². The van der Waals surface area contributed by atoms with Crippen molar-refractivity contribution in [3.63, 3.8) is 0 Å². The SMILES string of the molecule is COc1cccc(CNC[C@@H](O)[C@H](Cc2ccccc2)NC(=O)c2cc(C(=O)N(C)Cc3nc(C)cs3)cc(-n3ccnc3)c2)c1. The number of carbonyl (C=O) groups is 2. The maximum absolute atomic E-state index is 13.9. The number of thiazole rings is 1. The molecule has 0 fully saturated rings. The first kappa shape index (κ1) is 32.6. The Morgan fingerprint density at radius 2 is 1.83 bits per heavy atom. The third-order valence-corrected chi connectivity index (χ3v) is 8.46. The second kappa shape index (κ2) is 15.4. The Morgan fingerprint density at radius 1 is 1.04 bits per heavy atom. The van der Waals surface area contributed by atoms with Gasteiger partial charge in [-0.2, -0.15) is 0 Å². The molecule has 10 nitrogen and oxygen atoms in total. The molecule has 0 spiro atoms. The zero-order valence-electron chi connectivity index (χ0n) is 26.1. The maximum Gasteiger partial charge on any atom is 0.254 e. The van der Waals surface area contributed by atoms with E-state index < -0.39 is 18.1 Å². The minimum absolute atomic E-state index is 0.244. The Labute approximate surface area is 272 Å². The van der Waals surface area contributed by atoms with E-state index >= 15 is 0 Å². The molecule has 5 rings (SSSR count). The highest BCUT2D eigenvalue weighted by atomic mass is 32.1. The van der Waals surface area contributed by atoms with Crippen LogP contribution < -0.4 is 15.4 Å². The van der Waals surface area contributed by atoms with E-state index in [1.54, 1.807) is 60.5 Å². The van der Waals surface area contributed by atoms with Gasteiger partial charge >= 0.3 is 0 Å². The van der Waals surface area contributed by atoms with E-state index in [1.807, 2.05) is 66.9 Å². The minimum atomic E-state index is -0.902. The van der Waals surface area contributed by atoms with Gasteiger partial charge in [0.05, 0.1) is 32.1 Å². The van der Waals surface area contributed by atoms with Crippen molar-refractivity contribution in [1.82, 2.24) is 30.1 Å². The van der Waals surface area contributed by atoms with Crippen LogP contribution in [0.25, 0.3) is 5.69 Å². The average Bonchev–Trinajstić information content (AvgIpc) is 3.76. The highest BCUT2D eigenvalue weighted by molar-refractivity contribution is 7.09. The Hall–Kier alpha value is -4.84. The smallest absolute Gasteiger partial charge is 0.254 e. The van der Waals surface area contributed by atoms with E-state index in [0.717, 1.165) is 27.6 Å². The second-order valence-corrected chi connectivity index (χ2v) is 12.0. The van der Waals surface area contributed by atoms with Gasteiger partial charge in [0.2, 0.25) is 0 Å². The van der Waals surface area contributed by atoms with Crippen LogP contribution in [0.1, 0.15) is 42.5 Å². The number of aromatic nitrogens is 3. The number of ether oxygens (including phenoxy) is 1. The first-order chi connectivity index (χ1) is 22.3. The van der Waals surface area contributed by atoms with E-state index in [4.69, 9.17) is 4.74 Å². The number of hydrogen-bond acceptors (Lipinski definition) is 8. The molecule has 0 saturated carbocycles. The first-order valence-electron chi connectivity index (χ1n) is 15.0. The molecular weight excluding hydrogens is 600 g/mol. The Balaban J connectivity index is 1.36. The lowest BCUT2D eigenvalue weighted by Gasteiger charge is -2.25. The molecule has 2 heterocycles. The molecule has 0 radical (unpaired) electrons. The molecule has 238 valence electrons. The van der Waals surface area contributed by atoms with Crippen molar-refractivity contribution in [3.8, 4) is 11.4 Å². The summed E-state index contributed by atoms with van der Waals surface area (Å²) in [6, 6.07) is 21.9. The third-order valence-electron chi connectivity index (χ3n) is 7.51. The van der Waals surface area contributed by atoms with Gasteiger partial charge in [-0.05, 0) is 54.8 Å². The number of hydrogen-bond donors (Lipinski definition) is 3. The highest BCUT2D eigenvalue weighted by Gasteiger charge is 2.24. The summed E-state index contributed by atoms with van der Waals surface area (Å²) in [6.07, 6.45) is 4.51. The van der Waals surface area contributed by atoms with Crippen LogP contribution in [0.2, 0.25) is 0 Å². The number of nitrogens with one attached hydrogen (secondary N) is 2. The number of aryl methyl sites for hydroxylation is 1. The van der Waals surface area contributed by atoms with Crippen LogP contribution in [-0.4, -0.2) is 69.2 Å². The van der Waals surface area contributed by atoms with Gasteiger partial charge in [-0.3, -0.25) is 9.59 Å². The molecule has 3 N–H and O–H groups in total. The number of methoxy groups -OCH3 is 1. The summed E-state index contributed by atoms with van der Waals surface area (Å²) in [6.45, 7) is 3.03. The summed E-state index contributed by atoms with van der Waals surface area (Å²) in [5.74, 6) is 0.114. The largest absolute Gasteiger partial charge is 0.497 e. The molecule has 0 unspecified atom stereocenters. The van der Waals surface area contributed by atoms with Crippen LogP contribution in [0.4, 0.5) is 0 Å². The van der Waals surface area contributed by atoms with Gasteiger partial charge in [0.1, 0.15) is 10.8 Å². The number of aliphatic hydroxyl groups is 1. The van der Waals surface area contributed by atoms with Crippen LogP contribution in [0.5, 0.6) is 5.75 Å². The average molecular weight is 639 g/mol. The fourth-order valence-electron chi connectivity index (χ4n) is 5.09. The fourth-order valence-corrected chi connectivity index (χ4v) is 5.91. The van der Waals surface area contributed by atoms with Crippen LogP contribution in [0.15, 0.2) is 96.9 Å². The van der Waals surface area contributed by atoms with E-state index in [2.05, 4.69) is 20.6 Å². The van der Waals surface area contributed by atoms with Crippen molar-refractivity contribution in [2.24, 2.45) is 0 Å². The Kier molecular flexibility index (Phi) is 10.9. The van der Waals surface area contributed by atoms with Crippen molar-refractivity contribution in [3.05, 3.63) is 130 Å². The van der Waals surface area contributed by atoms with Gasteiger partial charge in [-0.25, -0.2) is 9.97 Å². The minimum Gasteiger partial charge on any atom is -0.497 e. The molecule has 0 bridgehead atoms. The molecule has 11 heteroatoms. The Bertz CT molecular complexity index is 1740. The normalized spacial score (nSPS) is 12.3. The predicted molar refractivity (Wildman–Crippen MR) is 178 cm³/mol. The topological polar surface area (TPSA) is 122 Å². The summed E-state index contributed by atoms with van der Waals surface area (Å²) < 4.78 is 7.06. The third kappa shape index (κ3) is 8.66. The highest BCUT2D eigenvalue weighted by Crippen LogP contribution is 2.19. The number of rotatable bonds is 14. The summed E-state index contributed by atoms with van der Waals surface area (Å²) >= 11 is 1.50. The Morgan fingerprint density at radius 3 is 2.54 bits per heavy atom. The van der Waals surface area contributed by atoms with Crippen LogP contribution in [0, 0.1) is 6.92 Å². The van der Waals surface area contributed by atoms with Gasteiger partial charge < -0.3 is 29.9 Å². The summed E-state index contributed by atoms with van der Waals surface area (Å²) in [7, 11) is 3.34. The lowest BCUT2D eigenvalue weighted by atomic mass is 10.00. The van der Waals surface area contributed by atoms with Crippen LogP contribution >= 0.6 is 11.3 Å². The number of carbonyl (C=O) groups excluding carboxylic acids is 2. The zero-order chi connectivity index (χ0) is 32.5. The van der Waals surface area contributed by atoms with E-state index in [-0.39, 0.29) is 12.5 Å². The fraction of sp³-hybridized carbons (Fsp3) is 0.257. The molecule has 5 aromatic rings. The molecular formula is C35H38N6O4S. The molecule has 2 aromatic heterocycles. The van der Waals surface area contributed by atoms with Crippen molar-refractivity contribution in [2.45, 2.75) is 38.6 Å². The van der Waals surface area contributed by atoms with Crippen LogP contribution in [0.3, 0.4) is 0 Å². The number of benzene rings is 3. The summed E-state index contributed by atoms with van der Waals surface area (Å²) in [5, 5.41) is 20.5. The van der Waals surface area contributed by atoms with Crippen LogP contribution in [-0.2, 0) is 19.5 Å². The number of amides is 2. The maximum atomic E-state index is 13.9. The molecule has 2 amide bonds. The van der Waals surface area contributed by atoms with Gasteiger partial charge in [0.25, 0.3) is 11.8 Å². The standard InChI is InChI=1S/C35H38N6O4S/c1-24-22-46-33(38-24)21-40(2)35(44)28-16-27(17-29(18-28)41-13-12-36-23-41)34(43)39-31(15-25-8-5-4-6-9-25)32(42)20-37-19-26-10-7-11-30(14-26)45-3/h4-14,16-18,22-23,31-32,37,42H,15,19-21H2,1-3H3,(H,39,43)/t31-,32+/m0/s1. The summed E-state index contributed by atoms with van der Waals surface area (Å²) in [4.78, 5) is 37.6. The van der Waals surface area contributed by atoms with Crippen molar-refractivity contribution >= 4 is 23.2 Å². The number of aliphatic hydroxyl groups excluding tert-OH is 1. The second-order valence-electron chi connectivity index (χ2n) is 11.1. The molecule has 0 saturated heterocycles. The van der Waals surface area contributed by atoms with E-state index in [9.17, 15) is 14.7 Å². The van der Waals surface area contributed by atoms with Crippen molar-refractivity contribution in [2.75, 3.05) is 20.7 Å². The molecule has 0 aliphatic heterocycles. The summed E-state index contributed by atoms with van der Waals surface area (Å²) in [5.41, 5.74) is 4.16. The molecule has 2 atom stereocenters. The number of nitrogens with zero attached hydrogens (tertiary/aromatic N) is 4. The first-order valence-corrected chi connectivity index (χ1v) is 15.8. The lowest BCUT2D eigenvalue weighted by molar-refractivity contribution is 0.0784. The van der Waals surface area contributed by atoms with Gasteiger partial charge in [0, 0.05) is 60.4 Å². The predicted octanol–water partition coefficient (Wildman–Crippen LogP) is 4.41. The van der Waals surface area contributed by atoms with E-state index in [0.29, 0.717) is 36.3 Å². The lowest BCUT2D eigenvalue weighted by Crippen LogP contribution is -2.48. The van der Waals surface area contributed by atoms with Gasteiger partial charge in [-0.15, -0.1) is 11.3 Å². The molecule has 0 aliphatic rings. The number of imidazole rings is 1.